The summed E-state index contributed by atoms with van der Waals surface area (Å²) in [6.45, 7) is 1.80. The molecule has 0 aliphatic heterocycles. The standard InChI is InChI=1S/C28H52N12O9.C6H14N4O2/c1-3-5-20(41)33-12-22(43)34-15-24(45)38-17(6-9-29)26(47)37-14-23(44)35-16-25(46)39-19(8-11-31)28(49)40-18(7-10-30)27(48)36-13-21(42)32-4-2;7-2-1-4(6(9)12)10-5(11)3-8/h17-19H,3-16,29-31H2,1-2H3,(H,32,42)(H,33,41)(H,34,43)(H,35,44)(H,36,48)(H,37,47)(H,38,45)(H,39,46)(H,40,49);4H,1-3,7-8H2,(H2,9,12)(H,10,11)/t17?,18-,19-;4-/m00/s1. The minimum absolute atomic E-state index is 0.00581. The molecule has 348 valence electrons. The van der Waals surface area contributed by atoms with E-state index in [4.69, 9.17) is 34.4 Å². The van der Waals surface area contributed by atoms with Crippen LogP contribution in [0.5, 0.6) is 0 Å². The molecule has 0 heterocycles. The van der Waals surface area contributed by atoms with Gasteiger partial charge in [-0.3, -0.25) is 52.7 Å². The van der Waals surface area contributed by atoms with E-state index in [1.165, 1.54) is 0 Å². The Morgan fingerprint density at radius 2 is 0.738 bits per heavy atom. The summed E-state index contributed by atoms with van der Waals surface area (Å²) in [7, 11) is 0. The summed E-state index contributed by atoms with van der Waals surface area (Å²) in [6.07, 6.45) is 1.25. The van der Waals surface area contributed by atoms with Crippen LogP contribution in [-0.4, -0.2) is 161 Å². The lowest BCUT2D eigenvalue weighted by atomic mass is 10.1. The molecular weight excluding hydrogens is 808 g/mol. The van der Waals surface area contributed by atoms with Gasteiger partial charge in [-0.1, -0.05) is 6.92 Å². The third-order valence-electron chi connectivity index (χ3n) is 7.66. The van der Waals surface area contributed by atoms with Crippen molar-refractivity contribution in [1.82, 2.24) is 53.2 Å². The molecule has 0 radical (unpaired) electrons. The van der Waals surface area contributed by atoms with Crippen LogP contribution in [0.3, 0.4) is 0 Å². The molecule has 0 aromatic heterocycles. The Kier molecular flexibility index (Phi) is 32.6. The minimum Gasteiger partial charge on any atom is -0.368 e. The van der Waals surface area contributed by atoms with E-state index in [-0.39, 0.29) is 70.9 Å². The second-order valence-corrected chi connectivity index (χ2v) is 12.8. The molecule has 0 aromatic rings. The van der Waals surface area contributed by atoms with Crippen LogP contribution >= 0.6 is 0 Å². The number of likely N-dealkylation sites (N-methyl/N-ethyl adjacent to an activating group) is 1. The molecule has 61 heavy (non-hydrogen) atoms. The topological polar surface area (TPSA) is 464 Å². The Hall–Kier alpha value is -6.03. The first-order valence-corrected chi connectivity index (χ1v) is 19.5. The number of hydrogen-bond donors (Lipinski definition) is 16. The van der Waals surface area contributed by atoms with Gasteiger partial charge in [0.25, 0.3) is 0 Å². The van der Waals surface area contributed by atoms with Crippen LogP contribution in [-0.2, 0) is 52.7 Å². The van der Waals surface area contributed by atoms with Gasteiger partial charge in [0.15, 0.2) is 0 Å². The number of rotatable bonds is 30. The van der Waals surface area contributed by atoms with Crippen LogP contribution in [0.15, 0.2) is 0 Å². The van der Waals surface area contributed by atoms with Crippen molar-refractivity contribution in [2.24, 2.45) is 34.4 Å². The fourth-order valence-corrected chi connectivity index (χ4v) is 4.59. The van der Waals surface area contributed by atoms with E-state index in [0.717, 1.165) is 0 Å². The number of nitrogens with one attached hydrogen (secondary N) is 10. The number of primary amides is 1. The molecule has 0 spiro atoms. The third-order valence-corrected chi connectivity index (χ3v) is 7.66. The highest BCUT2D eigenvalue weighted by molar-refractivity contribution is 5.95. The van der Waals surface area contributed by atoms with Crippen LogP contribution in [0.1, 0.15) is 52.4 Å². The second-order valence-electron chi connectivity index (χ2n) is 12.8. The molecule has 1 unspecified atom stereocenters. The summed E-state index contributed by atoms with van der Waals surface area (Å²) < 4.78 is 0. The van der Waals surface area contributed by atoms with Crippen LogP contribution in [0, 0.1) is 0 Å². The largest absolute Gasteiger partial charge is 0.368 e. The Labute approximate surface area is 353 Å². The Morgan fingerprint density at radius 3 is 1.13 bits per heavy atom. The number of amides is 11. The lowest BCUT2D eigenvalue weighted by Crippen LogP contribution is -2.56. The van der Waals surface area contributed by atoms with E-state index in [2.05, 4.69) is 53.2 Å². The molecule has 27 nitrogen and oxygen atoms in total. The first kappa shape index (κ1) is 57.1. The lowest BCUT2D eigenvalue weighted by molar-refractivity contribution is -0.133. The first-order valence-electron chi connectivity index (χ1n) is 19.5. The zero-order chi connectivity index (χ0) is 46.8. The average Bonchev–Trinajstić information content (AvgIpc) is 3.22. The summed E-state index contributed by atoms with van der Waals surface area (Å²) in [6, 6.07) is -4.10. The average molecular weight is 875 g/mol. The van der Waals surface area contributed by atoms with Gasteiger partial charge in [0, 0.05) is 13.0 Å². The van der Waals surface area contributed by atoms with Crippen molar-refractivity contribution < 1.29 is 52.7 Å². The highest BCUT2D eigenvalue weighted by Gasteiger charge is 2.27. The van der Waals surface area contributed by atoms with Crippen LogP contribution in [0.25, 0.3) is 0 Å². The third kappa shape index (κ3) is 28.9. The summed E-state index contributed by atoms with van der Waals surface area (Å²) in [5.41, 5.74) is 31.9. The van der Waals surface area contributed by atoms with Gasteiger partial charge >= 0.3 is 0 Å². The van der Waals surface area contributed by atoms with Gasteiger partial charge in [-0.2, -0.15) is 0 Å². The molecule has 0 aliphatic carbocycles. The number of nitrogens with two attached hydrogens (primary N) is 6. The molecule has 0 saturated heterocycles. The molecule has 0 rings (SSSR count). The Morgan fingerprint density at radius 1 is 0.393 bits per heavy atom. The molecule has 0 fully saturated rings. The van der Waals surface area contributed by atoms with Crippen LogP contribution in [0.4, 0.5) is 0 Å². The first-order chi connectivity index (χ1) is 28.9. The smallest absolute Gasteiger partial charge is 0.243 e. The molecule has 27 heteroatoms. The van der Waals surface area contributed by atoms with Gasteiger partial charge in [0.2, 0.25) is 65.0 Å². The summed E-state index contributed by atoms with van der Waals surface area (Å²) in [5.74, 6) is -6.75. The van der Waals surface area contributed by atoms with E-state index in [0.29, 0.717) is 25.9 Å². The molecule has 11 amide bonds. The minimum atomic E-state index is -1.17. The molecule has 22 N–H and O–H groups in total. The van der Waals surface area contributed by atoms with Crippen molar-refractivity contribution in [3.63, 3.8) is 0 Å². The van der Waals surface area contributed by atoms with E-state index < -0.39 is 103 Å². The zero-order valence-electron chi connectivity index (χ0n) is 34.8. The van der Waals surface area contributed by atoms with E-state index in [1.807, 2.05) is 0 Å². The van der Waals surface area contributed by atoms with Crippen molar-refractivity contribution in [3.8, 4) is 0 Å². The number of carbonyl (C=O) groups excluding carboxylic acids is 11. The monoisotopic (exact) mass is 875 g/mol. The lowest BCUT2D eigenvalue weighted by Gasteiger charge is -2.22. The number of hydrogen-bond acceptors (Lipinski definition) is 16. The fourth-order valence-electron chi connectivity index (χ4n) is 4.59. The van der Waals surface area contributed by atoms with E-state index in [9.17, 15) is 52.7 Å². The predicted molar refractivity (Wildman–Crippen MR) is 219 cm³/mol. The zero-order valence-corrected chi connectivity index (χ0v) is 34.8. The fraction of sp³-hybridized carbons (Fsp3) is 0.676. The summed E-state index contributed by atoms with van der Waals surface area (Å²) in [4.78, 5) is 131. The van der Waals surface area contributed by atoms with Crippen molar-refractivity contribution in [2.75, 3.05) is 72.0 Å². The van der Waals surface area contributed by atoms with Gasteiger partial charge < -0.3 is 87.6 Å². The van der Waals surface area contributed by atoms with Crippen molar-refractivity contribution in [3.05, 3.63) is 0 Å². The molecule has 0 aromatic carbocycles. The Balaban J connectivity index is 0. The summed E-state index contributed by atoms with van der Waals surface area (Å²) in [5, 5.41) is 23.8. The van der Waals surface area contributed by atoms with Gasteiger partial charge in [-0.05, 0) is 65.2 Å². The highest BCUT2D eigenvalue weighted by atomic mass is 16.2. The normalized spacial score (nSPS) is 12.2. The van der Waals surface area contributed by atoms with Crippen molar-refractivity contribution in [1.29, 1.82) is 0 Å². The molecular formula is C34H66N16O11. The highest BCUT2D eigenvalue weighted by Crippen LogP contribution is 1.97. The predicted octanol–water partition coefficient (Wildman–Crippen LogP) is -9.73. The van der Waals surface area contributed by atoms with E-state index in [1.54, 1.807) is 13.8 Å². The van der Waals surface area contributed by atoms with Crippen molar-refractivity contribution >= 4 is 65.0 Å². The van der Waals surface area contributed by atoms with E-state index >= 15 is 0 Å². The second kappa shape index (κ2) is 34.8. The molecule has 0 bridgehead atoms. The SMILES string of the molecule is CCCC(=O)NCC(=O)NCC(=O)NC(CCN)C(=O)NCC(=O)NCC(=O)N[C@@H](CCN)C(=O)N[C@@H](CCN)C(=O)NCC(=O)NCC.NCC[C@H](NC(=O)CN)C(N)=O. The summed E-state index contributed by atoms with van der Waals surface area (Å²) >= 11 is 0. The van der Waals surface area contributed by atoms with Gasteiger partial charge in [-0.25, -0.2) is 0 Å². The molecule has 0 saturated carbocycles. The van der Waals surface area contributed by atoms with Crippen molar-refractivity contribution in [2.45, 2.75) is 76.5 Å². The molecule has 0 aliphatic rings. The maximum Gasteiger partial charge on any atom is 0.243 e. The maximum atomic E-state index is 12.9. The van der Waals surface area contributed by atoms with Crippen LogP contribution in [0.2, 0.25) is 0 Å². The molecule has 4 atom stereocenters. The quantitative estimate of drug-likeness (QED) is 0.0319. The maximum absolute atomic E-state index is 12.9. The van der Waals surface area contributed by atoms with Crippen LogP contribution < -0.4 is 87.6 Å². The van der Waals surface area contributed by atoms with Gasteiger partial charge in [0.05, 0.1) is 39.3 Å². The Bertz CT molecular complexity index is 1450. The van der Waals surface area contributed by atoms with Gasteiger partial charge in [0.1, 0.15) is 24.2 Å². The number of carbonyl (C=O) groups is 11. The van der Waals surface area contributed by atoms with Gasteiger partial charge in [-0.15, -0.1) is 0 Å².